The summed E-state index contributed by atoms with van der Waals surface area (Å²) in [6, 6.07) is 17.9. The van der Waals surface area contributed by atoms with E-state index in [9.17, 15) is 9.59 Å². The molecule has 0 N–H and O–H groups in total. The fourth-order valence-corrected chi connectivity index (χ4v) is 5.70. The first kappa shape index (κ1) is 32.2. The number of hydrogen-bond acceptors (Lipinski definition) is 5. The number of aryl methyl sites for hydroxylation is 2. The molecule has 222 valence electrons. The molecule has 0 unspecified atom stereocenters. The van der Waals surface area contributed by atoms with E-state index in [1.54, 1.807) is 30.5 Å². The van der Waals surface area contributed by atoms with Gasteiger partial charge in [0, 0.05) is 28.4 Å². The van der Waals surface area contributed by atoms with Gasteiger partial charge in [-0.15, -0.1) is 11.3 Å². The van der Waals surface area contributed by atoms with Gasteiger partial charge in [-0.3, -0.25) is 9.59 Å². The second-order valence-electron chi connectivity index (χ2n) is 10.5. The summed E-state index contributed by atoms with van der Waals surface area (Å²) < 4.78 is 10.8. The van der Waals surface area contributed by atoms with Crippen LogP contribution in [0.3, 0.4) is 0 Å². The predicted octanol–water partition coefficient (Wildman–Crippen LogP) is 7.32. The van der Waals surface area contributed by atoms with Gasteiger partial charge in [0.25, 0.3) is 5.91 Å². The Hall–Kier alpha value is -3.32. The Morgan fingerprint density at radius 3 is 2.10 bits per heavy atom. The van der Waals surface area contributed by atoms with Gasteiger partial charge in [0.1, 0.15) is 6.54 Å². The summed E-state index contributed by atoms with van der Waals surface area (Å²) in [5.41, 5.74) is 2.94. The summed E-state index contributed by atoms with van der Waals surface area (Å²) in [7, 11) is 3.24. The quantitative estimate of drug-likeness (QED) is 0.158. The summed E-state index contributed by atoms with van der Waals surface area (Å²) in [6.45, 7) is 8.05. The molecule has 0 saturated carbocycles. The van der Waals surface area contributed by atoms with Crippen LogP contribution in [0.15, 0.2) is 54.6 Å². The number of ether oxygens (including phenoxy) is 2. The first-order chi connectivity index (χ1) is 19.9. The van der Waals surface area contributed by atoms with Crippen molar-refractivity contribution in [2.24, 2.45) is 0 Å². The maximum atomic E-state index is 13.8. The Kier molecular flexibility index (Phi) is 13.2. The molecule has 0 spiro atoms. The molecule has 0 radical (unpaired) electrons. The van der Waals surface area contributed by atoms with E-state index in [0.717, 1.165) is 36.1 Å². The zero-order chi connectivity index (χ0) is 29.6. The van der Waals surface area contributed by atoms with Crippen LogP contribution in [0.25, 0.3) is 0 Å². The van der Waals surface area contributed by atoms with Crippen LogP contribution in [0, 0.1) is 6.92 Å². The fourth-order valence-electron chi connectivity index (χ4n) is 4.79. The van der Waals surface area contributed by atoms with Crippen molar-refractivity contribution in [3.8, 4) is 11.5 Å². The molecule has 3 rings (SSSR count). The van der Waals surface area contributed by atoms with Crippen LogP contribution in [0.2, 0.25) is 0 Å². The number of carbonyl (C=O) groups excluding carboxylic acids is 2. The number of unbranched alkanes of at least 4 members (excludes halogenated alkanes) is 3. The van der Waals surface area contributed by atoms with Crippen LogP contribution in [-0.2, 0) is 24.2 Å². The second-order valence-corrected chi connectivity index (χ2v) is 11.9. The third-order valence-corrected chi connectivity index (χ3v) is 8.26. The van der Waals surface area contributed by atoms with E-state index >= 15 is 0 Å². The molecule has 0 saturated heterocycles. The van der Waals surface area contributed by atoms with E-state index < -0.39 is 0 Å². The van der Waals surface area contributed by atoms with Gasteiger partial charge < -0.3 is 19.3 Å². The van der Waals surface area contributed by atoms with Crippen molar-refractivity contribution in [1.29, 1.82) is 0 Å². The molecule has 0 aliphatic carbocycles. The van der Waals surface area contributed by atoms with E-state index in [4.69, 9.17) is 9.47 Å². The van der Waals surface area contributed by atoms with Gasteiger partial charge in [-0.05, 0) is 80.1 Å². The van der Waals surface area contributed by atoms with Crippen molar-refractivity contribution in [2.45, 2.75) is 72.3 Å². The maximum Gasteiger partial charge on any atom is 0.254 e. The molecular formula is C34H46N2O4S. The highest BCUT2D eigenvalue weighted by molar-refractivity contribution is 7.11. The minimum absolute atomic E-state index is 0.0443. The molecule has 0 aliphatic rings. The smallest absolute Gasteiger partial charge is 0.254 e. The number of amides is 2. The number of nitrogens with zero attached hydrogens (tertiary/aromatic N) is 2. The van der Waals surface area contributed by atoms with Crippen molar-refractivity contribution >= 4 is 23.2 Å². The molecule has 41 heavy (non-hydrogen) atoms. The summed E-state index contributed by atoms with van der Waals surface area (Å²) >= 11 is 1.70. The van der Waals surface area contributed by atoms with E-state index in [-0.39, 0.29) is 18.4 Å². The molecular weight excluding hydrogens is 532 g/mol. The third-order valence-electron chi connectivity index (χ3n) is 7.28. The lowest BCUT2D eigenvalue weighted by Crippen LogP contribution is -2.43. The monoisotopic (exact) mass is 578 g/mol. The molecule has 1 aromatic heterocycles. The zero-order valence-corrected chi connectivity index (χ0v) is 26.2. The Labute approximate surface area is 250 Å². The summed E-state index contributed by atoms with van der Waals surface area (Å²) in [4.78, 5) is 33.3. The van der Waals surface area contributed by atoms with Crippen LogP contribution in [0.4, 0.5) is 0 Å². The normalized spacial score (nSPS) is 10.9. The zero-order valence-electron chi connectivity index (χ0n) is 25.4. The van der Waals surface area contributed by atoms with E-state index in [1.165, 1.54) is 23.3 Å². The lowest BCUT2D eigenvalue weighted by Gasteiger charge is -2.28. The highest BCUT2D eigenvalue weighted by Crippen LogP contribution is 2.28. The van der Waals surface area contributed by atoms with Crippen molar-refractivity contribution in [3.05, 3.63) is 81.0 Å². The summed E-state index contributed by atoms with van der Waals surface area (Å²) in [5, 5.41) is 0. The van der Waals surface area contributed by atoms with Gasteiger partial charge in [0.2, 0.25) is 5.91 Å². The first-order valence-electron chi connectivity index (χ1n) is 14.8. The van der Waals surface area contributed by atoms with Crippen molar-refractivity contribution < 1.29 is 19.1 Å². The maximum absolute atomic E-state index is 13.8. The minimum Gasteiger partial charge on any atom is -0.493 e. The van der Waals surface area contributed by atoms with Gasteiger partial charge in [-0.1, -0.05) is 51.3 Å². The fraction of sp³-hybridized carbons (Fsp3) is 0.471. The van der Waals surface area contributed by atoms with E-state index in [0.29, 0.717) is 43.1 Å². The Morgan fingerprint density at radius 1 is 0.756 bits per heavy atom. The lowest BCUT2D eigenvalue weighted by atomic mass is 10.0. The number of hydrogen-bond donors (Lipinski definition) is 0. The Bertz CT molecular complexity index is 1240. The van der Waals surface area contributed by atoms with Crippen LogP contribution < -0.4 is 9.47 Å². The van der Waals surface area contributed by atoms with Crippen molar-refractivity contribution in [1.82, 2.24) is 9.80 Å². The highest BCUT2D eigenvalue weighted by atomic mass is 32.1. The highest BCUT2D eigenvalue weighted by Gasteiger charge is 2.23. The molecule has 7 heteroatoms. The summed E-state index contributed by atoms with van der Waals surface area (Å²) in [6.07, 6.45) is 7.05. The number of rotatable bonds is 17. The lowest BCUT2D eigenvalue weighted by molar-refractivity contribution is -0.132. The molecule has 0 atom stereocenters. The van der Waals surface area contributed by atoms with Crippen molar-refractivity contribution in [3.63, 3.8) is 0 Å². The van der Waals surface area contributed by atoms with Gasteiger partial charge in [-0.25, -0.2) is 0 Å². The van der Waals surface area contributed by atoms with Gasteiger partial charge in [0.05, 0.1) is 20.8 Å². The van der Waals surface area contributed by atoms with Gasteiger partial charge in [0.15, 0.2) is 11.5 Å². The van der Waals surface area contributed by atoms with Crippen LogP contribution in [-0.4, -0.2) is 55.5 Å². The average molecular weight is 579 g/mol. The summed E-state index contributed by atoms with van der Waals surface area (Å²) in [5.74, 6) is 1.22. The average Bonchev–Trinajstić information content (AvgIpc) is 3.41. The van der Waals surface area contributed by atoms with Crippen LogP contribution in [0.5, 0.6) is 11.5 Å². The number of benzene rings is 2. The topological polar surface area (TPSA) is 59.1 Å². The van der Waals surface area contributed by atoms with E-state index in [2.05, 4.69) is 45.0 Å². The minimum atomic E-state index is -0.0845. The van der Waals surface area contributed by atoms with Gasteiger partial charge >= 0.3 is 0 Å². The molecule has 1 heterocycles. The SMILES string of the molecule is CCCCCc1ccc(C(=O)N(CCCC)CC(=O)N(CCc2ccc(OC)c(OC)c2)Cc2ccc(C)s2)cc1. The van der Waals surface area contributed by atoms with Crippen LogP contribution >= 0.6 is 11.3 Å². The number of methoxy groups -OCH3 is 2. The molecule has 2 aromatic carbocycles. The Morgan fingerprint density at radius 2 is 1.46 bits per heavy atom. The molecule has 3 aromatic rings. The predicted molar refractivity (Wildman–Crippen MR) is 168 cm³/mol. The largest absolute Gasteiger partial charge is 0.493 e. The molecule has 6 nitrogen and oxygen atoms in total. The first-order valence-corrected chi connectivity index (χ1v) is 15.6. The second kappa shape index (κ2) is 16.8. The van der Waals surface area contributed by atoms with E-state index in [1.807, 2.05) is 35.2 Å². The molecule has 0 bridgehead atoms. The third kappa shape index (κ3) is 9.92. The molecule has 2 amide bonds. The molecule has 0 aliphatic heterocycles. The number of thiophene rings is 1. The van der Waals surface area contributed by atoms with Gasteiger partial charge in [-0.2, -0.15) is 0 Å². The standard InChI is InChI=1S/C34H46N2O4S/c1-6-8-10-11-27-13-16-29(17-14-27)34(38)36(21-9-7-2)25-33(37)35(24-30-18-12-26(3)41-30)22-20-28-15-19-31(39-4)32(23-28)40-5/h12-19,23H,6-11,20-22,24-25H2,1-5H3. The van der Waals surface area contributed by atoms with Crippen LogP contribution in [0.1, 0.15) is 77.2 Å². The Balaban J connectivity index is 1.75. The number of carbonyl (C=O) groups is 2. The molecule has 0 fully saturated rings. The van der Waals surface area contributed by atoms with Crippen molar-refractivity contribution in [2.75, 3.05) is 33.9 Å².